The molecule has 5 nitrogen and oxygen atoms in total. The number of allylic oxidation sites excluding steroid dienone is 3. The molecular weight excluding hydrogens is 414 g/mol. The van der Waals surface area contributed by atoms with Crippen LogP contribution in [0.4, 0.5) is 8.78 Å². The molecule has 0 spiro atoms. The van der Waals surface area contributed by atoms with Crippen LogP contribution in [0, 0.1) is 0 Å². The molecule has 1 atom stereocenters. The van der Waals surface area contributed by atoms with Crippen LogP contribution in [0.5, 0.6) is 5.75 Å². The Labute approximate surface area is 177 Å². The number of aliphatic carboxylic acids is 1. The van der Waals surface area contributed by atoms with Crippen molar-refractivity contribution in [3.8, 4) is 5.75 Å². The van der Waals surface area contributed by atoms with E-state index in [0.29, 0.717) is 5.57 Å². The first-order valence-electron chi connectivity index (χ1n) is 9.40. The van der Waals surface area contributed by atoms with E-state index in [1.165, 1.54) is 36.4 Å². The lowest BCUT2D eigenvalue weighted by Crippen LogP contribution is -2.33. The molecule has 2 rings (SSSR count). The number of hydrogen-bond acceptors (Lipinski definition) is 4. The first-order valence-corrected chi connectivity index (χ1v) is 11.1. The molecule has 30 heavy (non-hydrogen) atoms. The molecule has 0 amide bonds. The number of carbonyl (C=O) groups is 1. The van der Waals surface area contributed by atoms with Crippen molar-refractivity contribution >= 4 is 21.9 Å². The van der Waals surface area contributed by atoms with Gasteiger partial charge < -0.3 is 9.84 Å². The summed E-state index contributed by atoms with van der Waals surface area (Å²) in [7, 11) is -3.76. The van der Waals surface area contributed by atoms with E-state index in [9.17, 15) is 22.0 Å². The number of halogens is 2. The number of benzene rings is 1. The SMILES string of the molecule is C=C/C=C(\C=C)CS(=O)(=O)c1ccc2c(c1)C=C(C(=O)O)C(C(F)F)O2.CC.CC. The molecule has 1 unspecified atom stereocenters. The van der Waals surface area contributed by atoms with Gasteiger partial charge in [0.1, 0.15) is 5.75 Å². The molecule has 8 heteroatoms. The zero-order valence-electron chi connectivity index (χ0n) is 17.6. The summed E-state index contributed by atoms with van der Waals surface area (Å²) in [5, 5.41) is 9.09. The van der Waals surface area contributed by atoms with Crippen LogP contribution in [-0.2, 0) is 14.6 Å². The molecule has 1 aromatic rings. The fourth-order valence-corrected chi connectivity index (χ4v) is 3.79. The Kier molecular flexibility index (Phi) is 11.6. The second-order valence-corrected chi connectivity index (χ2v) is 7.41. The van der Waals surface area contributed by atoms with Gasteiger partial charge in [-0.25, -0.2) is 22.0 Å². The normalized spacial score (nSPS) is 15.2. The highest BCUT2D eigenvalue weighted by Crippen LogP contribution is 2.34. The Hall–Kier alpha value is -2.74. The maximum absolute atomic E-state index is 13.0. The summed E-state index contributed by atoms with van der Waals surface area (Å²) >= 11 is 0. The van der Waals surface area contributed by atoms with Crippen molar-refractivity contribution in [2.45, 2.75) is 45.1 Å². The van der Waals surface area contributed by atoms with Gasteiger partial charge in [-0.3, -0.25) is 0 Å². The van der Waals surface area contributed by atoms with Crippen LogP contribution in [0.3, 0.4) is 0 Å². The van der Waals surface area contributed by atoms with Crippen LogP contribution in [-0.4, -0.2) is 37.8 Å². The number of hydrogen-bond donors (Lipinski definition) is 1. The van der Waals surface area contributed by atoms with Gasteiger partial charge in [-0.2, -0.15) is 0 Å². The van der Waals surface area contributed by atoms with E-state index in [-0.39, 0.29) is 22.0 Å². The third-order valence-corrected chi connectivity index (χ3v) is 5.32. The van der Waals surface area contributed by atoms with Gasteiger partial charge in [0, 0.05) is 5.56 Å². The largest absolute Gasteiger partial charge is 0.479 e. The molecule has 0 radical (unpaired) electrons. The highest BCUT2D eigenvalue weighted by atomic mass is 32.2. The van der Waals surface area contributed by atoms with E-state index in [0.717, 1.165) is 6.08 Å². The summed E-state index contributed by atoms with van der Waals surface area (Å²) in [5.41, 5.74) is -0.109. The highest BCUT2D eigenvalue weighted by molar-refractivity contribution is 7.91. The lowest BCUT2D eigenvalue weighted by atomic mass is 10.0. The number of fused-ring (bicyclic) bond motifs is 1. The Morgan fingerprint density at radius 3 is 2.30 bits per heavy atom. The van der Waals surface area contributed by atoms with E-state index < -0.39 is 33.9 Å². The van der Waals surface area contributed by atoms with Gasteiger partial charge >= 0.3 is 5.97 Å². The van der Waals surface area contributed by atoms with Gasteiger partial charge in [0.2, 0.25) is 0 Å². The quantitative estimate of drug-likeness (QED) is 0.579. The molecule has 0 saturated heterocycles. The maximum atomic E-state index is 13.0. The van der Waals surface area contributed by atoms with Crippen molar-refractivity contribution in [3.05, 3.63) is 66.3 Å². The maximum Gasteiger partial charge on any atom is 0.335 e. The molecule has 1 N–H and O–H groups in total. The Morgan fingerprint density at radius 1 is 1.23 bits per heavy atom. The molecular formula is C22H28F2O5S. The minimum atomic E-state index is -3.76. The lowest BCUT2D eigenvalue weighted by Gasteiger charge is -2.25. The molecule has 1 aliphatic rings. The highest BCUT2D eigenvalue weighted by Gasteiger charge is 2.35. The van der Waals surface area contributed by atoms with Crippen molar-refractivity contribution < 1.29 is 31.8 Å². The summed E-state index contributed by atoms with van der Waals surface area (Å²) < 4.78 is 56.1. The Balaban J connectivity index is 0.00000198. The lowest BCUT2D eigenvalue weighted by molar-refractivity contribution is -0.134. The molecule has 1 aromatic carbocycles. The molecule has 1 aliphatic heterocycles. The number of carboxylic acids is 1. The summed E-state index contributed by atoms with van der Waals surface area (Å²) in [6.07, 6.45) is 0.376. The predicted octanol–water partition coefficient (Wildman–Crippen LogP) is 5.31. The fourth-order valence-electron chi connectivity index (χ4n) is 2.39. The fraction of sp³-hybridized carbons (Fsp3) is 0.318. The van der Waals surface area contributed by atoms with Gasteiger partial charge in [0.15, 0.2) is 15.9 Å². The molecule has 166 valence electrons. The first-order chi connectivity index (χ1) is 14.2. The average Bonchev–Trinajstić information content (AvgIpc) is 2.74. The van der Waals surface area contributed by atoms with Crippen molar-refractivity contribution in [1.29, 1.82) is 0 Å². The van der Waals surface area contributed by atoms with Crippen molar-refractivity contribution in [1.82, 2.24) is 0 Å². The van der Waals surface area contributed by atoms with Crippen molar-refractivity contribution in [2.75, 3.05) is 5.75 Å². The summed E-state index contributed by atoms with van der Waals surface area (Å²) in [6.45, 7) is 15.0. The number of carboxylic acid groups (broad SMARTS) is 1. The molecule has 0 saturated carbocycles. The minimum absolute atomic E-state index is 0.00942. The third-order valence-electron chi connectivity index (χ3n) is 3.64. The number of alkyl halides is 2. The predicted molar refractivity (Wildman–Crippen MR) is 116 cm³/mol. The molecule has 0 fully saturated rings. The van der Waals surface area contributed by atoms with Crippen LogP contribution in [0.15, 0.2) is 65.6 Å². The van der Waals surface area contributed by atoms with Crippen LogP contribution < -0.4 is 4.74 Å². The zero-order chi connectivity index (χ0) is 23.5. The smallest absolute Gasteiger partial charge is 0.335 e. The van der Waals surface area contributed by atoms with Gasteiger partial charge in [0.25, 0.3) is 6.43 Å². The van der Waals surface area contributed by atoms with Crippen LogP contribution in [0.2, 0.25) is 0 Å². The number of sulfone groups is 1. The molecule has 0 aliphatic carbocycles. The second-order valence-electron chi connectivity index (χ2n) is 5.42. The van der Waals surface area contributed by atoms with Crippen molar-refractivity contribution in [2.24, 2.45) is 0 Å². The number of ether oxygens (including phenoxy) is 1. The molecule has 0 aromatic heterocycles. The first kappa shape index (κ1) is 27.3. The van der Waals surface area contributed by atoms with Gasteiger partial charge in [-0.1, -0.05) is 59.1 Å². The van der Waals surface area contributed by atoms with Gasteiger partial charge in [0.05, 0.1) is 16.2 Å². The average molecular weight is 443 g/mol. The molecule has 0 bridgehead atoms. The summed E-state index contributed by atoms with van der Waals surface area (Å²) in [4.78, 5) is 11.1. The third kappa shape index (κ3) is 6.95. The summed E-state index contributed by atoms with van der Waals surface area (Å²) in [5.74, 6) is -1.90. The number of rotatable bonds is 7. The standard InChI is InChI=1S/C18H16F2O5S.2C2H6/c1-3-5-11(4-2)10-26(23,24)13-6-7-15-12(8-13)9-14(18(21)22)16(25-15)17(19)20;2*1-2/h3-9,16-17H,1-2,10H2,(H,21,22);2*1-2H3/b11-5+;;. The van der Waals surface area contributed by atoms with E-state index >= 15 is 0 Å². The van der Waals surface area contributed by atoms with E-state index in [4.69, 9.17) is 9.84 Å². The second kappa shape index (κ2) is 12.7. The van der Waals surface area contributed by atoms with Gasteiger partial charge in [-0.15, -0.1) is 0 Å². The topological polar surface area (TPSA) is 80.7 Å². The van der Waals surface area contributed by atoms with E-state index in [2.05, 4.69) is 13.2 Å². The Bertz CT molecular complexity index is 915. The zero-order valence-corrected chi connectivity index (χ0v) is 18.4. The molecule has 1 heterocycles. The van der Waals surface area contributed by atoms with Crippen LogP contribution >= 0.6 is 0 Å². The minimum Gasteiger partial charge on any atom is -0.479 e. The van der Waals surface area contributed by atoms with E-state index in [1.54, 1.807) is 0 Å². The van der Waals surface area contributed by atoms with E-state index in [1.807, 2.05) is 27.7 Å². The monoisotopic (exact) mass is 442 g/mol. The van der Waals surface area contributed by atoms with Gasteiger partial charge in [-0.05, 0) is 29.8 Å². The van der Waals surface area contributed by atoms with Crippen molar-refractivity contribution in [3.63, 3.8) is 0 Å². The summed E-state index contributed by atoms with van der Waals surface area (Å²) in [6, 6.07) is 3.66. The van der Waals surface area contributed by atoms with Crippen LogP contribution in [0.25, 0.3) is 6.08 Å². The van der Waals surface area contributed by atoms with Crippen LogP contribution in [0.1, 0.15) is 33.3 Å². The Morgan fingerprint density at radius 2 is 1.83 bits per heavy atom.